The third-order valence-electron chi connectivity index (χ3n) is 4.10. The Balaban J connectivity index is 1.53. The van der Waals surface area contributed by atoms with E-state index in [0.29, 0.717) is 17.9 Å². The van der Waals surface area contributed by atoms with Crippen LogP contribution < -0.4 is 5.73 Å². The number of morpholine rings is 1. The molecule has 20 heavy (non-hydrogen) atoms. The number of halogens is 1. The van der Waals surface area contributed by atoms with Crippen LogP contribution in [0.3, 0.4) is 0 Å². The summed E-state index contributed by atoms with van der Waals surface area (Å²) in [5.41, 5.74) is 7.42. The van der Waals surface area contributed by atoms with Gasteiger partial charge < -0.3 is 15.4 Å². The molecule has 1 aliphatic heterocycles. The molecule has 1 saturated heterocycles. The van der Waals surface area contributed by atoms with Crippen LogP contribution in [-0.2, 0) is 4.74 Å². The zero-order chi connectivity index (χ0) is 13.9. The number of hydrogen-bond donors (Lipinski definition) is 1. The van der Waals surface area contributed by atoms with Crippen molar-refractivity contribution in [1.29, 1.82) is 0 Å². The minimum atomic E-state index is 0.360. The summed E-state index contributed by atoms with van der Waals surface area (Å²) in [6, 6.07) is 8.49. The predicted octanol–water partition coefficient (Wildman–Crippen LogP) is 2.23. The zero-order valence-corrected chi connectivity index (χ0v) is 12.2. The number of guanidine groups is 1. The lowest BCUT2D eigenvalue weighted by molar-refractivity contribution is 0.0671. The summed E-state index contributed by atoms with van der Waals surface area (Å²) in [6.07, 6.45) is 2.15. The van der Waals surface area contributed by atoms with Crippen LogP contribution >= 0.6 is 11.6 Å². The van der Waals surface area contributed by atoms with Crippen molar-refractivity contribution in [2.75, 3.05) is 26.3 Å². The molecule has 1 aromatic carbocycles. The molecule has 0 unspecified atom stereocenters. The maximum Gasteiger partial charge on any atom is 0.191 e. The standard InChI is InChI=1S/C15H20ClN3O/c16-13-3-1-11(2-4-13)12-9-14(10-12)18-15(17)19-5-7-20-8-6-19/h1-4,12,14H,5-10H2,(H2,17,18). The third kappa shape index (κ3) is 3.07. The van der Waals surface area contributed by atoms with Gasteiger partial charge in [0.2, 0.25) is 0 Å². The quantitative estimate of drug-likeness (QED) is 0.672. The molecular weight excluding hydrogens is 274 g/mol. The minimum absolute atomic E-state index is 0.360. The summed E-state index contributed by atoms with van der Waals surface area (Å²) >= 11 is 5.91. The molecule has 2 N–H and O–H groups in total. The van der Waals surface area contributed by atoms with E-state index in [9.17, 15) is 0 Å². The normalized spacial score (nSPS) is 27.2. The van der Waals surface area contributed by atoms with E-state index < -0.39 is 0 Å². The molecule has 4 nitrogen and oxygen atoms in total. The topological polar surface area (TPSA) is 50.8 Å². The zero-order valence-electron chi connectivity index (χ0n) is 11.5. The summed E-state index contributed by atoms with van der Waals surface area (Å²) in [4.78, 5) is 6.75. The summed E-state index contributed by atoms with van der Waals surface area (Å²) in [6.45, 7) is 3.19. The minimum Gasteiger partial charge on any atom is -0.378 e. The summed E-state index contributed by atoms with van der Waals surface area (Å²) in [5.74, 6) is 1.27. The summed E-state index contributed by atoms with van der Waals surface area (Å²) < 4.78 is 5.32. The third-order valence-corrected chi connectivity index (χ3v) is 4.36. The Hall–Kier alpha value is -1.26. The lowest BCUT2D eigenvalue weighted by atomic mass is 9.76. The number of ether oxygens (including phenoxy) is 1. The van der Waals surface area contributed by atoms with Gasteiger partial charge in [-0.15, -0.1) is 0 Å². The van der Waals surface area contributed by atoms with Gasteiger partial charge in [0, 0.05) is 18.1 Å². The molecule has 2 fully saturated rings. The van der Waals surface area contributed by atoms with Gasteiger partial charge in [-0.2, -0.15) is 0 Å². The van der Waals surface area contributed by atoms with Gasteiger partial charge in [0.1, 0.15) is 0 Å². The molecule has 0 amide bonds. The van der Waals surface area contributed by atoms with E-state index in [1.54, 1.807) is 0 Å². The Morgan fingerprint density at radius 3 is 2.50 bits per heavy atom. The first-order valence-corrected chi connectivity index (χ1v) is 7.51. The predicted molar refractivity (Wildman–Crippen MR) is 81.2 cm³/mol. The molecule has 3 rings (SSSR count). The molecule has 1 saturated carbocycles. The molecule has 1 heterocycles. The highest BCUT2D eigenvalue weighted by atomic mass is 35.5. The van der Waals surface area contributed by atoms with E-state index >= 15 is 0 Å². The Labute approximate surface area is 124 Å². The first-order chi connectivity index (χ1) is 9.72. The van der Waals surface area contributed by atoms with E-state index in [1.807, 2.05) is 12.1 Å². The highest BCUT2D eigenvalue weighted by Crippen LogP contribution is 2.39. The molecule has 1 aromatic rings. The maximum absolute atomic E-state index is 6.07. The van der Waals surface area contributed by atoms with Crippen molar-refractivity contribution in [3.05, 3.63) is 34.9 Å². The second-order valence-corrected chi connectivity index (χ2v) is 5.90. The highest BCUT2D eigenvalue weighted by molar-refractivity contribution is 6.30. The van der Waals surface area contributed by atoms with Crippen LogP contribution in [0.1, 0.15) is 24.3 Å². The molecule has 0 atom stereocenters. The fourth-order valence-corrected chi connectivity index (χ4v) is 2.89. The molecule has 0 spiro atoms. The van der Waals surface area contributed by atoms with Crippen LogP contribution in [0.4, 0.5) is 0 Å². The monoisotopic (exact) mass is 293 g/mol. The van der Waals surface area contributed by atoms with Gasteiger partial charge in [-0.3, -0.25) is 0 Å². The number of nitrogens with two attached hydrogens (primary N) is 1. The van der Waals surface area contributed by atoms with E-state index in [-0.39, 0.29) is 0 Å². The van der Waals surface area contributed by atoms with Crippen molar-refractivity contribution in [2.45, 2.75) is 24.8 Å². The first kappa shape index (κ1) is 13.7. The lowest BCUT2D eigenvalue weighted by Crippen LogP contribution is -2.46. The number of aliphatic imine (C=N–C) groups is 1. The van der Waals surface area contributed by atoms with E-state index in [0.717, 1.165) is 44.2 Å². The van der Waals surface area contributed by atoms with Crippen LogP contribution in [0.15, 0.2) is 29.3 Å². The van der Waals surface area contributed by atoms with Crippen LogP contribution in [0.25, 0.3) is 0 Å². The van der Waals surface area contributed by atoms with Gasteiger partial charge >= 0.3 is 0 Å². The molecule has 0 radical (unpaired) electrons. The van der Waals surface area contributed by atoms with Crippen LogP contribution in [0.2, 0.25) is 5.02 Å². The smallest absolute Gasteiger partial charge is 0.191 e. The fraction of sp³-hybridized carbons (Fsp3) is 0.533. The van der Waals surface area contributed by atoms with Crippen molar-refractivity contribution >= 4 is 17.6 Å². The first-order valence-electron chi connectivity index (χ1n) is 7.14. The molecule has 1 aliphatic carbocycles. The number of rotatable bonds is 2. The average Bonchev–Trinajstić information content (AvgIpc) is 2.44. The molecule has 5 heteroatoms. The van der Waals surface area contributed by atoms with Gasteiger partial charge in [-0.05, 0) is 36.5 Å². The van der Waals surface area contributed by atoms with Crippen molar-refractivity contribution in [1.82, 2.24) is 4.90 Å². The van der Waals surface area contributed by atoms with Crippen LogP contribution in [-0.4, -0.2) is 43.2 Å². The van der Waals surface area contributed by atoms with E-state index in [2.05, 4.69) is 22.0 Å². The van der Waals surface area contributed by atoms with Gasteiger partial charge in [0.05, 0.1) is 19.3 Å². The number of benzene rings is 1. The van der Waals surface area contributed by atoms with Crippen LogP contribution in [0, 0.1) is 0 Å². The van der Waals surface area contributed by atoms with Crippen LogP contribution in [0.5, 0.6) is 0 Å². The van der Waals surface area contributed by atoms with Crippen molar-refractivity contribution < 1.29 is 4.74 Å². The van der Waals surface area contributed by atoms with Gasteiger partial charge in [-0.1, -0.05) is 23.7 Å². The second kappa shape index (κ2) is 6.02. The van der Waals surface area contributed by atoms with Gasteiger partial charge in [-0.25, -0.2) is 4.99 Å². The summed E-state index contributed by atoms with van der Waals surface area (Å²) in [5, 5.41) is 0.791. The summed E-state index contributed by atoms with van der Waals surface area (Å²) in [7, 11) is 0. The average molecular weight is 294 g/mol. The lowest BCUT2D eigenvalue weighted by Gasteiger charge is -2.35. The van der Waals surface area contributed by atoms with Crippen molar-refractivity contribution in [2.24, 2.45) is 10.7 Å². The largest absolute Gasteiger partial charge is 0.378 e. The molecule has 0 aromatic heterocycles. The highest BCUT2D eigenvalue weighted by Gasteiger charge is 2.30. The van der Waals surface area contributed by atoms with Crippen molar-refractivity contribution in [3.8, 4) is 0 Å². The van der Waals surface area contributed by atoms with E-state index in [4.69, 9.17) is 22.1 Å². The van der Waals surface area contributed by atoms with E-state index in [1.165, 1.54) is 5.56 Å². The van der Waals surface area contributed by atoms with Gasteiger partial charge in [0.25, 0.3) is 0 Å². The molecule has 2 aliphatic rings. The Bertz CT molecular complexity index is 476. The Kier molecular flexibility index (Phi) is 4.13. The molecular formula is C15H20ClN3O. The van der Waals surface area contributed by atoms with Crippen molar-refractivity contribution in [3.63, 3.8) is 0 Å². The SMILES string of the molecule is NC(=NC1CC(c2ccc(Cl)cc2)C1)N1CCOCC1. The van der Waals surface area contributed by atoms with Gasteiger partial charge in [0.15, 0.2) is 5.96 Å². The number of hydrogen-bond acceptors (Lipinski definition) is 2. The maximum atomic E-state index is 6.07. The fourth-order valence-electron chi connectivity index (χ4n) is 2.76. The Morgan fingerprint density at radius 1 is 1.20 bits per heavy atom. The Morgan fingerprint density at radius 2 is 1.85 bits per heavy atom. The molecule has 108 valence electrons. The second-order valence-electron chi connectivity index (χ2n) is 5.46. The molecule has 0 bridgehead atoms. The number of nitrogens with zero attached hydrogens (tertiary/aromatic N) is 2.